The van der Waals surface area contributed by atoms with Crippen LogP contribution in [0.1, 0.15) is 16.1 Å². The number of hydrogen-bond donors (Lipinski definition) is 2. The molecule has 126 valence electrons. The number of carbonyl (C=O) groups excluding carboxylic acids is 1. The van der Waals surface area contributed by atoms with Crippen molar-refractivity contribution in [3.8, 4) is 0 Å². The molecule has 3 aromatic rings. The van der Waals surface area contributed by atoms with Gasteiger partial charge < -0.3 is 10.6 Å². The first-order valence-corrected chi connectivity index (χ1v) is 8.09. The molecule has 8 heteroatoms. The molecule has 1 amide bonds. The monoisotopic (exact) mass is 373 g/mol. The van der Waals surface area contributed by atoms with Gasteiger partial charge in [0, 0.05) is 40.9 Å². The maximum Gasteiger partial charge on any atom is 0.274 e. The van der Waals surface area contributed by atoms with Crippen molar-refractivity contribution in [2.75, 3.05) is 10.6 Å². The van der Waals surface area contributed by atoms with Crippen LogP contribution in [-0.2, 0) is 6.54 Å². The van der Waals surface area contributed by atoms with Crippen molar-refractivity contribution in [3.63, 3.8) is 0 Å². The fourth-order valence-corrected chi connectivity index (χ4v) is 2.60. The summed E-state index contributed by atoms with van der Waals surface area (Å²) in [4.78, 5) is 24.7. The molecule has 25 heavy (non-hydrogen) atoms. The molecule has 2 aromatic heterocycles. The third-order valence-corrected chi connectivity index (χ3v) is 3.62. The lowest BCUT2D eigenvalue weighted by Crippen LogP contribution is -2.15. The van der Waals surface area contributed by atoms with Gasteiger partial charge in [-0.1, -0.05) is 29.3 Å². The Bertz CT molecular complexity index is 869. The Morgan fingerprint density at radius 2 is 1.88 bits per heavy atom. The molecule has 0 unspecified atom stereocenters. The lowest BCUT2D eigenvalue weighted by Gasteiger charge is -2.08. The molecule has 0 aliphatic carbocycles. The first kappa shape index (κ1) is 17.1. The first-order chi connectivity index (χ1) is 12.1. The van der Waals surface area contributed by atoms with Crippen LogP contribution in [-0.4, -0.2) is 20.9 Å². The number of carbonyl (C=O) groups is 1. The van der Waals surface area contributed by atoms with E-state index < -0.39 is 0 Å². The molecule has 3 rings (SSSR count). The Labute approximate surface area is 154 Å². The van der Waals surface area contributed by atoms with E-state index >= 15 is 0 Å². The van der Waals surface area contributed by atoms with Crippen molar-refractivity contribution in [1.29, 1.82) is 0 Å². The van der Waals surface area contributed by atoms with Gasteiger partial charge in [0.2, 0.25) is 5.95 Å². The summed E-state index contributed by atoms with van der Waals surface area (Å²) in [5.74, 6) is -0.0363. The van der Waals surface area contributed by atoms with Gasteiger partial charge >= 0.3 is 0 Å². The zero-order valence-corrected chi connectivity index (χ0v) is 14.4. The van der Waals surface area contributed by atoms with E-state index in [0.29, 0.717) is 28.2 Å². The molecule has 2 N–H and O–H groups in total. The Morgan fingerprint density at radius 1 is 1.08 bits per heavy atom. The second-order valence-electron chi connectivity index (χ2n) is 5.09. The zero-order valence-electron chi connectivity index (χ0n) is 12.9. The van der Waals surface area contributed by atoms with Gasteiger partial charge in [-0.3, -0.25) is 9.78 Å². The molecule has 0 spiro atoms. The average molecular weight is 374 g/mol. The summed E-state index contributed by atoms with van der Waals surface area (Å²) in [6.07, 6.45) is 4.96. The average Bonchev–Trinajstić information content (AvgIpc) is 2.60. The number of nitrogens with one attached hydrogen (secondary N) is 2. The van der Waals surface area contributed by atoms with E-state index in [1.807, 2.05) is 12.1 Å². The SMILES string of the molecule is O=C(Nc1cc(Cl)cc(Cl)c1)c1ccnc(NCc2cccnc2)n1. The highest BCUT2D eigenvalue weighted by Gasteiger charge is 2.10. The van der Waals surface area contributed by atoms with E-state index in [9.17, 15) is 4.79 Å². The summed E-state index contributed by atoms with van der Waals surface area (Å²) in [7, 11) is 0. The van der Waals surface area contributed by atoms with Gasteiger partial charge in [0.05, 0.1) is 0 Å². The number of hydrogen-bond acceptors (Lipinski definition) is 5. The molecule has 0 aliphatic heterocycles. The van der Waals surface area contributed by atoms with E-state index in [0.717, 1.165) is 5.56 Å². The van der Waals surface area contributed by atoms with Crippen molar-refractivity contribution in [2.45, 2.75) is 6.54 Å². The maximum atomic E-state index is 12.3. The van der Waals surface area contributed by atoms with Crippen LogP contribution in [0, 0.1) is 0 Å². The van der Waals surface area contributed by atoms with E-state index in [-0.39, 0.29) is 11.6 Å². The Kier molecular flexibility index (Phi) is 5.42. The molecule has 6 nitrogen and oxygen atoms in total. The fourth-order valence-electron chi connectivity index (χ4n) is 2.08. The van der Waals surface area contributed by atoms with Crippen LogP contribution >= 0.6 is 23.2 Å². The minimum Gasteiger partial charge on any atom is -0.350 e. The van der Waals surface area contributed by atoms with Gasteiger partial charge in [0.1, 0.15) is 5.69 Å². The summed E-state index contributed by atoms with van der Waals surface area (Å²) < 4.78 is 0. The molecule has 0 saturated carbocycles. The second-order valence-corrected chi connectivity index (χ2v) is 5.97. The van der Waals surface area contributed by atoms with Crippen LogP contribution in [0.3, 0.4) is 0 Å². The van der Waals surface area contributed by atoms with Gasteiger partial charge in [0.15, 0.2) is 0 Å². The van der Waals surface area contributed by atoms with Gasteiger partial charge in [-0.25, -0.2) is 9.97 Å². The molecular formula is C17H13Cl2N5O. The second kappa shape index (κ2) is 7.92. The van der Waals surface area contributed by atoms with Gasteiger partial charge in [-0.15, -0.1) is 0 Å². The number of benzene rings is 1. The minimum absolute atomic E-state index is 0.222. The van der Waals surface area contributed by atoms with Gasteiger partial charge in [0.25, 0.3) is 5.91 Å². The topological polar surface area (TPSA) is 79.8 Å². The molecule has 0 radical (unpaired) electrons. The predicted octanol–water partition coefficient (Wildman–Crippen LogP) is 4.04. The third kappa shape index (κ3) is 4.89. The number of rotatable bonds is 5. The minimum atomic E-state index is -0.384. The molecular weight excluding hydrogens is 361 g/mol. The third-order valence-electron chi connectivity index (χ3n) is 3.18. The summed E-state index contributed by atoms with van der Waals surface area (Å²) in [5, 5.41) is 6.63. The van der Waals surface area contributed by atoms with Crippen LogP contribution < -0.4 is 10.6 Å². The van der Waals surface area contributed by atoms with Crippen molar-refractivity contribution in [1.82, 2.24) is 15.0 Å². The highest BCUT2D eigenvalue weighted by atomic mass is 35.5. The molecule has 2 heterocycles. The highest BCUT2D eigenvalue weighted by Crippen LogP contribution is 2.22. The molecule has 0 aliphatic rings. The van der Waals surface area contributed by atoms with Crippen molar-refractivity contribution < 1.29 is 4.79 Å². The number of anilines is 2. The van der Waals surface area contributed by atoms with E-state index in [4.69, 9.17) is 23.2 Å². The number of amides is 1. The molecule has 1 aromatic carbocycles. The normalized spacial score (nSPS) is 10.3. The van der Waals surface area contributed by atoms with Gasteiger partial charge in [-0.2, -0.15) is 0 Å². The maximum absolute atomic E-state index is 12.3. The number of nitrogens with zero attached hydrogens (tertiary/aromatic N) is 3. The van der Waals surface area contributed by atoms with Crippen molar-refractivity contribution >= 4 is 40.7 Å². The molecule has 0 saturated heterocycles. The number of halogens is 2. The van der Waals surface area contributed by atoms with E-state index in [1.54, 1.807) is 30.6 Å². The smallest absolute Gasteiger partial charge is 0.274 e. The van der Waals surface area contributed by atoms with Crippen LogP contribution in [0.4, 0.5) is 11.6 Å². The summed E-state index contributed by atoms with van der Waals surface area (Å²) in [6.45, 7) is 0.503. The zero-order chi connectivity index (χ0) is 17.6. The molecule has 0 bridgehead atoms. The largest absolute Gasteiger partial charge is 0.350 e. The van der Waals surface area contributed by atoms with Gasteiger partial charge in [-0.05, 0) is 35.9 Å². The van der Waals surface area contributed by atoms with Crippen molar-refractivity contribution in [3.05, 3.63) is 76.3 Å². The standard InChI is InChI=1S/C17H13Cl2N5O/c18-12-6-13(19)8-14(7-12)23-16(25)15-3-5-21-17(24-15)22-10-11-2-1-4-20-9-11/h1-9H,10H2,(H,23,25)(H,21,22,24). The summed E-state index contributed by atoms with van der Waals surface area (Å²) in [5.41, 5.74) is 1.69. The van der Waals surface area contributed by atoms with Crippen LogP contribution in [0.25, 0.3) is 0 Å². The van der Waals surface area contributed by atoms with Crippen LogP contribution in [0.15, 0.2) is 55.0 Å². The Balaban J connectivity index is 1.68. The lowest BCUT2D eigenvalue weighted by molar-refractivity contribution is 0.102. The van der Waals surface area contributed by atoms with E-state index in [2.05, 4.69) is 25.6 Å². The summed E-state index contributed by atoms with van der Waals surface area (Å²) in [6, 6.07) is 10.1. The van der Waals surface area contributed by atoms with Crippen LogP contribution in [0.2, 0.25) is 10.0 Å². The van der Waals surface area contributed by atoms with Crippen LogP contribution in [0.5, 0.6) is 0 Å². The number of aromatic nitrogens is 3. The van der Waals surface area contributed by atoms with Crippen molar-refractivity contribution in [2.24, 2.45) is 0 Å². The number of pyridine rings is 1. The quantitative estimate of drug-likeness (QED) is 0.705. The van der Waals surface area contributed by atoms with E-state index in [1.165, 1.54) is 12.3 Å². The summed E-state index contributed by atoms with van der Waals surface area (Å²) >= 11 is 11.9. The lowest BCUT2D eigenvalue weighted by atomic mass is 10.3. The molecule has 0 fully saturated rings. The highest BCUT2D eigenvalue weighted by molar-refractivity contribution is 6.35. The fraction of sp³-hybridized carbons (Fsp3) is 0.0588. The Hall–Kier alpha value is -2.70. The molecule has 0 atom stereocenters. The predicted molar refractivity (Wildman–Crippen MR) is 98.0 cm³/mol. The Morgan fingerprint density at radius 3 is 2.60 bits per heavy atom. The first-order valence-electron chi connectivity index (χ1n) is 7.33.